The van der Waals surface area contributed by atoms with Crippen LogP contribution in [0.15, 0.2) is 11.6 Å². The Kier molecular flexibility index (Phi) is 13.3. The van der Waals surface area contributed by atoms with Gasteiger partial charge >= 0.3 is 0 Å². The summed E-state index contributed by atoms with van der Waals surface area (Å²) in [7, 11) is 0. The second-order valence-corrected chi connectivity index (χ2v) is 4.05. The lowest BCUT2D eigenvalue weighted by atomic mass is 10.2. The molecule has 0 rings (SSSR count). The molecule has 0 saturated carbocycles. The number of rotatable bonds is 7. The first kappa shape index (κ1) is 16.6. The summed E-state index contributed by atoms with van der Waals surface area (Å²) in [6, 6.07) is 0.534. The first-order chi connectivity index (χ1) is 6.16. The van der Waals surface area contributed by atoms with Gasteiger partial charge in [0, 0.05) is 6.04 Å². The molecule has 0 aromatic carbocycles. The van der Waals surface area contributed by atoms with Crippen LogP contribution in [0.5, 0.6) is 0 Å². The van der Waals surface area contributed by atoms with Gasteiger partial charge in [0.1, 0.15) is 0 Å². The second kappa shape index (κ2) is 11.3. The van der Waals surface area contributed by atoms with Crippen LogP contribution < -0.4 is 5.32 Å². The van der Waals surface area contributed by atoms with E-state index >= 15 is 0 Å². The van der Waals surface area contributed by atoms with Gasteiger partial charge in [-0.15, -0.1) is 17.0 Å². The Morgan fingerprint density at radius 1 is 1.21 bits per heavy atom. The van der Waals surface area contributed by atoms with Crippen molar-refractivity contribution in [3.05, 3.63) is 11.6 Å². The van der Waals surface area contributed by atoms with Crippen molar-refractivity contribution in [3.8, 4) is 0 Å². The average molecular weight is 264 g/mol. The van der Waals surface area contributed by atoms with Crippen LogP contribution in [0.2, 0.25) is 0 Å². The van der Waals surface area contributed by atoms with Crippen molar-refractivity contribution in [3.63, 3.8) is 0 Å². The van der Waals surface area contributed by atoms with E-state index in [1.54, 1.807) is 0 Å². The molecule has 0 fully saturated rings. The summed E-state index contributed by atoms with van der Waals surface area (Å²) in [6.07, 6.45) is 7.65. The summed E-state index contributed by atoms with van der Waals surface area (Å²) in [5, 5.41) is 3.50. The monoisotopic (exact) mass is 263 g/mol. The lowest BCUT2D eigenvalue weighted by Crippen LogP contribution is -2.25. The first-order valence-electron chi connectivity index (χ1n) is 5.55. The van der Waals surface area contributed by atoms with E-state index in [1.807, 2.05) is 0 Å². The minimum Gasteiger partial charge on any atom is -0.311 e. The third-order valence-electron chi connectivity index (χ3n) is 2.08. The predicted octanol–water partition coefficient (Wildman–Crippen LogP) is 4.09. The van der Waals surface area contributed by atoms with Crippen molar-refractivity contribution in [2.75, 3.05) is 6.54 Å². The third-order valence-corrected chi connectivity index (χ3v) is 2.08. The van der Waals surface area contributed by atoms with Crippen molar-refractivity contribution >= 4 is 17.0 Å². The Bertz CT molecular complexity index is 139. The van der Waals surface area contributed by atoms with E-state index < -0.39 is 0 Å². The zero-order chi connectivity index (χ0) is 10.1. The van der Waals surface area contributed by atoms with Gasteiger partial charge in [-0.1, -0.05) is 37.8 Å². The van der Waals surface area contributed by atoms with Crippen LogP contribution in [0, 0.1) is 0 Å². The van der Waals surface area contributed by atoms with Crippen LogP contribution in [0.25, 0.3) is 0 Å². The highest BCUT2D eigenvalue weighted by Crippen LogP contribution is 1.98. The highest BCUT2D eigenvalue weighted by atomic mass is 79.9. The topological polar surface area (TPSA) is 12.0 Å². The fourth-order valence-corrected chi connectivity index (χ4v) is 1.44. The summed E-state index contributed by atoms with van der Waals surface area (Å²) in [5.41, 5.74) is 1.40. The third kappa shape index (κ3) is 12.2. The van der Waals surface area contributed by atoms with Gasteiger partial charge in [-0.2, -0.15) is 0 Å². The van der Waals surface area contributed by atoms with Crippen LogP contribution in [0.1, 0.15) is 53.4 Å². The number of halogens is 1. The minimum absolute atomic E-state index is 0. The number of hydrogen-bond acceptors (Lipinski definition) is 1. The van der Waals surface area contributed by atoms with Gasteiger partial charge in [0.2, 0.25) is 0 Å². The Labute approximate surface area is 100 Å². The molecule has 0 bridgehead atoms. The number of unbranched alkanes of at least 4 members (excludes halogenated alkanes) is 3. The van der Waals surface area contributed by atoms with Crippen molar-refractivity contribution in [1.29, 1.82) is 0 Å². The van der Waals surface area contributed by atoms with Crippen molar-refractivity contribution in [2.45, 2.75) is 59.4 Å². The predicted molar refractivity (Wildman–Crippen MR) is 71.4 cm³/mol. The van der Waals surface area contributed by atoms with E-state index in [4.69, 9.17) is 0 Å². The molecular formula is C12H26BrN. The van der Waals surface area contributed by atoms with Gasteiger partial charge < -0.3 is 5.32 Å². The smallest absolute Gasteiger partial charge is 0.0224 e. The molecule has 1 unspecified atom stereocenters. The standard InChI is InChI=1S/C12H25N.BrH/c1-5-6-7-8-9-13-12(4)10-11(2)3;/h10,12-13H,5-9H2,1-4H3;1H. The molecule has 0 aliphatic carbocycles. The normalized spacial score (nSPS) is 11.7. The van der Waals surface area contributed by atoms with Crippen LogP contribution in [-0.2, 0) is 0 Å². The fourth-order valence-electron chi connectivity index (χ4n) is 1.44. The lowest BCUT2D eigenvalue weighted by molar-refractivity contribution is 0.570. The molecule has 14 heavy (non-hydrogen) atoms. The number of allylic oxidation sites excluding steroid dienone is 1. The Hall–Kier alpha value is 0.180. The maximum atomic E-state index is 3.50. The maximum Gasteiger partial charge on any atom is 0.0224 e. The highest BCUT2D eigenvalue weighted by Gasteiger charge is 1.95. The summed E-state index contributed by atoms with van der Waals surface area (Å²) in [5.74, 6) is 0. The first-order valence-corrected chi connectivity index (χ1v) is 5.55. The molecule has 1 nitrogen and oxygen atoms in total. The van der Waals surface area contributed by atoms with E-state index in [-0.39, 0.29) is 17.0 Å². The highest BCUT2D eigenvalue weighted by molar-refractivity contribution is 8.93. The van der Waals surface area contributed by atoms with Crippen LogP contribution in [-0.4, -0.2) is 12.6 Å². The largest absolute Gasteiger partial charge is 0.311 e. The number of nitrogens with one attached hydrogen (secondary N) is 1. The second-order valence-electron chi connectivity index (χ2n) is 4.05. The quantitative estimate of drug-likeness (QED) is 0.539. The molecule has 2 heteroatoms. The van der Waals surface area contributed by atoms with Crippen LogP contribution in [0.4, 0.5) is 0 Å². The van der Waals surface area contributed by atoms with Gasteiger partial charge in [0.05, 0.1) is 0 Å². The number of hydrogen-bond donors (Lipinski definition) is 1. The molecule has 0 spiro atoms. The minimum atomic E-state index is 0. The average Bonchev–Trinajstić information content (AvgIpc) is 2.02. The van der Waals surface area contributed by atoms with Gasteiger partial charge in [0.25, 0.3) is 0 Å². The van der Waals surface area contributed by atoms with Crippen LogP contribution in [0.3, 0.4) is 0 Å². The zero-order valence-corrected chi connectivity index (χ0v) is 11.8. The molecule has 0 amide bonds. The van der Waals surface area contributed by atoms with E-state index in [1.165, 1.54) is 31.3 Å². The molecule has 0 saturated heterocycles. The van der Waals surface area contributed by atoms with E-state index in [9.17, 15) is 0 Å². The summed E-state index contributed by atoms with van der Waals surface area (Å²) in [6.45, 7) is 9.92. The van der Waals surface area contributed by atoms with Crippen molar-refractivity contribution in [2.24, 2.45) is 0 Å². The molecule has 0 aliphatic rings. The molecule has 0 radical (unpaired) electrons. The molecule has 1 atom stereocenters. The van der Waals surface area contributed by atoms with Crippen molar-refractivity contribution < 1.29 is 0 Å². The SMILES string of the molecule is Br.CCCCCCNC(C)C=C(C)C. The Morgan fingerprint density at radius 2 is 1.86 bits per heavy atom. The van der Waals surface area contributed by atoms with Gasteiger partial charge in [-0.25, -0.2) is 0 Å². The zero-order valence-electron chi connectivity index (χ0n) is 10.1. The molecular weight excluding hydrogens is 238 g/mol. The lowest BCUT2D eigenvalue weighted by Gasteiger charge is -2.09. The van der Waals surface area contributed by atoms with E-state index in [2.05, 4.69) is 39.1 Å². The molecule has 0 aromatic heterocycles. The molecule has 0 aromatic rings. The Balaban J connectivity index is 0. The summed E-state index contributed by atoms with van der Waals surface area (Å²) < 4.78 is 0. The van der Waals surface area contributed by atoms with Gasteiger partial charge in [0.15, 0.2) is 0 Å². The Morgan fingerprint density at radius 3 is 2.36 bits per heavy atom. The molecule has 86 valence electrons. The maximum absolute atomic E-state index is 3.50. The van der Waals surface area contributed by atoms with E-state index in [0.29, 0.717) is 6.04 Å². The van der Waals surface area contributed by atoms with Gasteiger partial charge in [-0.05, 0) is 33.7 Å². The molecule has 0 heterocycles. The fraction of sp³-hybridized carbons (Fsp3) is 0.833. The summed E-state index contributed by atoms with van der Waals surface area (Å²) >= 11 is 0. The van der Waals surface area contributed by atoms with Gasteiger partial charge in [-0.3, -0.25) is 0 Å². The molecule has 0 aliphatic heterocycles. The summed E-state index contributed by atoms with van der Waals surface area (Å²) in [4.78, 5) is 0. The van der Waals surface area contributed by atoms with Crippen molar-refractivity contribution in [1.82, 2.24) is 5.32 Å². The van der Waals surface area contributed by atoms with E-state index in [0.717, 1.165) is 6.54 Å². The molecule has 1 N–H and O–H groups in total. The van der Waals surface area contributed by atoms with Crippen LogP contribution >= 0.6 is 17.0 Å².